The first-order valence-electron chi connectivity index (χ1n) is 4.71. The van der Waals surface area contributed by atoms with Crippen molar-refractivity contribution in [2.24, 2.45) is 0 Å². The summed E-state index contributed by atoms with van der Waals surface area (Å²) < 4.78 is 2.10. The Hall–Kier alpha value is -1.16. The Bertz CT molecular complexity index is 378. The van der Waals surface area contributed by atoms with Crippen LogP contribution in [0.15, 0.2) is 24.1 Å². The van der Waals surface area contributed by atoms with Gasteiger partial charge in [0.2, 0.25) is 0 Å². The lowest BCUT2D eigenvalue weighted by Crippen LogP contribution is -1.96. The Kier molecular flexibility index (Phi) is 2.93. The minimum Gasteiger partial charge on any atom is -0.337 e. The number of hydrogen-bond donors (Lipinski definition) is 0. The molecule has 0 saturated carbocycles. The van der Waals surface area contributed by atoms with E-state index < -0.39 is 0 Å². The fourth-order valence-corrected chi connectivity index (χ4v) is 2.17. The number of aromatic nitrogens is 3. The summed E-state index contributed by atoms with van der Waals surface area (Å²) in [5.74, 6) is 0. The fraction of sp³-hybridized carbons (Fsp3) is 0.400. The first-order chi connectivity index (χ1) is 6.84. The van der Waals surface area contributed by atoms with Gasteiger partial charge in [0.25, 0.3) is 0 Å². The number of thiazole rings is 1. The van der Waals surface area contributed by atoms with Crippen molar-refractivity contribution in [2.75, 3.05) is 0 Å². The molecule has 0 amide bonds. The maximum atomic E-state index is 4.42. The molecule has 0 aliphatic rings. The van der Waals surface area contributed by atoms with Crippen LogP contribution >= 0.6 is 11.3 Å². The van der Waals surface area contributed by atoms with E-state index >= 15 is 0 Å². The highest BCUT2D eigenvalue weighted by molar-refractivity contribution is 7.09. The van der Waals surface area contributed by atoms with Crippen molar-refractivity contribution in [3.8, 4) is 0 Å². The zero-order valence-electron chi connectivity index (χ0n) is 8.18. The summed E-state index contributed by atoms with van der Waals surface area (Å²) >= 11 is 1.75. The topological polar surface area (TPSA) is 30.7 Å². The SMILES string of the molecule is Cc1csc(CCCn2ccnc2)n1. The quantitative estimate of drug-likeness (QED) is 0.770. The lowest BCUT2D eigenvalue weighted by Gasteiger charge is -1.99. The van der Waals surface area contributed by atoms with Crippen LogP contribution in [0.3, 0.4) is 0 Å². The predicted molar refractivity (Wildman–Crippen MR) is 57.4 cm³/mol. The second-order valence-corrected chi connectivity index (χ2v) is 4.23. The second-order valence-electron chi connectivity index (χ2n) is 3.29. The average Bonchev–Trinajstić information content (AvgIpc) is 2.77. The summed E-state index contributed by atoms with van der Waals surface area (Å²) in [6.45, 7) is 3.06. The van der Waals surface area contributed by atoms with Crippen LogP contribution in [0.2, 0.25) is 0 Å². The minimum absolute atomic E-state index is 1.03. The van der Waals surface area contributed by atoms with E-state index in [1.54, 1.807) is 11.3 Å². The van der Waals surface area contributed by atoms with Crippen LogP contribution in [0, 0.1) is 6.92 Å². The summed E-state index contributed by atoms with van der Waals surface area (Å²) in [7, 11) is 0. The molecule has 2 aromatic rings. The van der Waals surface area contributed by atoms with Crippen LogP contribution in [0.1, 0.15) is 17.1 Å². The van der Waals surface area contributed by atoms with Crippen molar-refractivity contribution in [1.29, 1.82) is 0 Å². The molecule has 0 bridgehead atoms. The average molecular weight is 207 g/mol. The normalized spacial score (nSPS) is 10.6. The van der Waals surface area contributed by atoms with Crippen molar-refractivity contribution in [3.63, 3.8) is 0 Å². The van der Waals surface area contributed by atoms with E-state index in [1.807, 2.05) is 25.6 Å². The highest BCUT2D eigenvalue weighted by atomic mass is 32.1. The Labute approximate surface area is 87.4 Å². The van der Waals surface area contributed by atoms with Gasteiger partial charge in [-0.2, -0.15) is 0 Å². The second kappa shape index (κ2) is 4.37. The molecule has 0 N–H and O–H groups in total. The zero-order chi connectivity index (χ0) is 9.80. The Balaban J connectivity index is 1.78. The highest BCUT2D eigenvalue weighted by Crippen LogP contribution is 2.11. The van der Waals surface area contributed by atoms with Gasteiger partial charge in [0.05, 0.1) is 11.3 Å². The van der Waals surface area contributed by atoms with E-state index in [-0.39, 0.29) is 0 Å². The fourth-order valence-electron chi connectivity index (χ4n) is 1.35. The van der Waals surface area contributed by atoms with Gasteiger partial charge in [-0.15, -0.1) is 11.3 Å². The van der Waals surface area contributed by atoms with E-state index in [0.29, 0.717) is 0 Å². The Morgan fingerprint density at radius 3 is 3.07 bits per heavy atom. The molecule has 2 rings (SSSR count). The molecule has 4 heteroatoms. The lowest BCUT2D eigenvalue weighted by molar-refractivity contribution is 0.640. The highest BCUT2D eigenvalue weighted by Gasteiger charge is 1.98. The van der Waals surface area contributed by atoms with Gasteiger partial charge in [0, 0.05) is 36.4 Å². The van der Waals surface area contributed by atoms with Crippen molar-refractivity contribution >= 4 is 11.3 Å². The van der Waals surface area contributed by atoms with Gasteiger partial charge in [-0.25, -0.2) is 9.97 Å². The molecule has 14 heavy (non-hydrogen) atoms. The number of rotatable bonds is 4. The van der Waals surface area contributed by atoms with E-state index in [0.717, 1.165) is 25.1 Å². The summed E-state index contributed by atoms with van der Waals surface area (Å²) in [6, 6.07) is 0. The minimum atomic E-state index is 1.03. The number of nitrogens with zero attached hydrogens (tertiary/aromatic N) is 3. The van der Waals surface area contributed by atoms with Crippen LogP contribution in [0.4, 0.5) is 0 Å². The molecule has 0 spiro atoms. The summed E-state index contributed by atoms with van der Waals surface area (Å²) in [5.41, 5.74) is 1.13. The van der Waals surface area contributed by atoms with Crippen LogP contribution < -0.4 is 0 Å². The Morgan fingerprint density at radius 1 is 1.50 bits per heavy atom. The predicted octanol–water partition coefficient (Wildman–Crippen LogP) is 2.28. The van der Waals surface area contributed by atoms with E-state index in [4.69, 9.17) is 0 Å². The third kappa shape index (κ3) is 2.42. The van der Waals surface area contributed by atoms with E-state index in [1.165, 1.54) is 5.01 Å². The van der Waals surface area contributed by atoms with Gasteiger partial charge in [-0.3, -0.25) is 0 Å². The van der Waals surface area contributed by atoms with Crippen molar-refractivity contribution in [3.05, 3.63) is 34.8 Å². The maximum absolute atomic E-state index is 4.42. The molecule has 0 atom stereocenters. The largest absolute Gasteiger partial charge is 0.337 e. The Morgan fingerprint density at radius 2 is 2.43 bits per heavy atom. The van der Waals surface area contributed by atoms with E-state index in [9.17, 15) is 0 Å². The monoisotopic (exact) mass is 207 g/mol. The summed E-state index contributed by atoms with van der Waals surface area (Å²) in [6.07, 6.45) is 7.85. The molecule has 2 aromatic heterocycles. The molecule has 0 fully saturated rings. The molecule has 0 aromatic carbocycles. The smallest absolute Gasteiger partial charge is 0.0945 e. The lowest BCUT2D eigenvalue weighted by atomic mass is 10.3. The molecule has 3 nitrogen and oxygen atoms in total. The third-order valence-corrected chi connectivity index (χ3v) is 3.06. The standard InChI is InChI=1S/C10H13N3S/c1-9-7-14-10(12-9)3-2-5-13-6-4-11-8-13/h4,6-8H,2-3,5H2,1H3. The van der Waals surface area contributed by atoms with Gasteiger partial charge < -0.3 is 4.57 Å². The van der Waals surface area contributed by atoms with Crippen LogP contribution in [-0.2, 0) is 13.0 Å². The maximum Gasteiger partial charge on any atom is 0.0945 e. The molecule has 0 aliphatic heterocycles. The van der Waals surface area contributed by atoms with Gasteiger partial charge in [0.15, 0.2) is 0 Å². The first kappa shape index (κ1) is 9.40. The van der Waals surface area contributed by atoms with Gasteiger partial charge in [-0.05, 0) is 13.3 Å². The third-order valence-electron chi connectivity index (χ3n) is 2.03. The summed E-state index contributed by atoms with van der Waals surface area (Å²) in [4.78, 5) is 8.43. The van der Waals surface area contributed by atoms with Crippen molar-refractivity contribution in [2.45, 2.75) is 26.3 Å². The number of imidazole rings is 1. The zero-order valence-corrected chi connectivity index (χ0v) is 9.00. The molecule has 2 heterocycles. The van der Waals surface area contributed by atoms with Crippen molar-refractivity contribution in [1.82, 2.24) is 14.5 Å². The van der Waals surface area contributed by atoms with Crippen LogP contribution in [-0.4, -0.2) is 14.5 Å². The van der Waals surface area contributed by atoms with Crippen molar-refractivity contribution < 1.29 is 0 Å². The van der Waals surface area contributed by atoms with Crippen LogP contribution in [0.5, 0.6) is 0 Å². The molecule has 74 valence electrons. The number of hydrogen-bond acceptors (Lipinski definition) is 3. The van der Waals surface area contributed by atoms with Gasteiger partial charge in [0.1, 0.15) is 0 Å². The van der Waals surface area contributed by atoms with Gasteiger partial charge >= 0.3 is 0 Å². The first-order valence-corrected chi connectivity index (χ1v) is 5.59. The number of aryl methyl sites for hydroxylation is 3. The van der Waals surface area contributed by atoms with E-state index in [2.05, 4.69) is 19.9 Å². The summed E-state index contributed by atoms with van der Waals surface area (Å²) in [5, 5.41) is 3.34. The molecule has 0 radical (unpaired) electrons. The molecule has 0 unspecified atom stereocenters. The van der Waals surface area contributed by atoms with Crippen LogP contribution in [0.25, 0.3) is 0 Å². The molecule has 0 aliphatic carbocycles. The molecule has 0 saturated heterocycles. The molecular formula is C10H13N3S. The molecular weight excluding hydrogens is 194 g/mol. The van der Waals surface area contributed by atoms with Gasteiger partial charge in [-0.1, -0.05) is 0 Å².